The van der Waals surface area contributed by atoms with Crippen LogP contribution in [0.1, 0.15) is 13.3 Å². The van der Waals surface area contributed by atoms with Crippen molar-refractivity contribution in [2.24, 2.45) is 0 Å². The van der Waals surface area contributed by atoms with Gasteiger partial charge in [-0.15, -0.1) is 21.5 Å². The van der Waals surface area contributed by atoms with Crippen LogP contribution in [0, 0.1) is 0 Å². The van der Waals surface area contributed by atoms with Gasteiger partial charge in [-0.2, -0.15) is 0 Å². The Bertz CT molecular complexity index is 421. The normalized spacial score (nSPS) is 10.7. The molecule has 5 heteroatoms. The van der Waals surface area contributed by atoms with Gasteiger partial charge >= 0.3 is 0 Å². The first-order valence-electron chi connectivity index (χ1n) is 4.44. The zero-order valence-electron chi connectivity index (χ0n) is 7.77. The van der Waals surface area contributed by atoms with E-state index in [0.29, 0.717) is 0 Å². The van der Waals surface area contributed by atoms with E-state index >= 15 is 0 Å². The van der Waals surface area contributed by atoms with Gasteiger partial charge in [-0.3, -0.25) is 0 Å². The van der Waals surface area contributed by atoms with Crippen molar-refractivity contribution in [1.29, 1.82) is 0 Å². The third kappa shape index (κ3) is 1.81. The van der Waals surface area contributed by atoms with Crippen LogP contribution in [0.5, 0.6) is 0 Å². The fraction of sp³-hybridized carbons (Fsp3) is 0.333. The highest BCUT2D eigenvalue weighted by molar-refractivity contribution is 7.19. The first-order chi connectivity index (χ1) is 6.81. The molecule has 3 nitrogen and oxygen atoms in total. The molecule has 0 atom stereocenters. The van der Waals surface area contributed by atoms with E-state index in [2.05, 4.69) is 17.1 Å². The number of hydrogen-bond acceptors (Lipinski definition) is 3. The van der Waals surface area contributed by atoms with Crippen LogP contribution in [0.3, 0.4) is 0 Å². The minimum absolute atomic E-state index is 0.783. The van der Waals surface area contributed by atoms with E-state index in [1.165, 1.54) is 11.3 Å². The predicted molar refractivity (Wildman–Crippen MR) is 58.6 cm³/mol. The van der Waals surface area contributed by atoms with E-state index < -0.39 is 0 Å². The van der Waals surface area contributed by atoms with E-state index in [1.807, 2.05) is 16.7 Å². The van der Waals surface area contributed by atoms with Crippen molar-refractivity contribution in [3.8, 4) is 10.7 Å². The van der Waals surface area contributed by atoms with Crippen LogP contribution in [0.2, 0.25) is 4.34 Å². The third-order valence-corrected chi connectivity index (χ3v) is 3.10. The fourth-order valence-corrected chi connectivity index (χ4v) is 2.33. The molecule has 0 unspecified atom stereocenters. The van der Waals surface area contributed by atoms with Crippen molar-refractivity contribution >= 4 is 22.9 Å². The lowest BCUT2D eigenvalue weighted by molar-refractivity contribution is 0.683. The largest absolute Gasteiger partial charge is 0.313 e. The molecule has 0 aliphatic carbocycles. The number of thiophene rings is 1. The Morgan fingerprint density at radius 3 is 3.00 bits per heavy atom. The summed E-state index contributed by atoms with van der Waals surface area (Å²) in [5.41, 5.74) is 0. The predicted octanol–water partition coefficient (Wildman–Crippen LogP) is 3.07. The lowest BCUT2D eigenvalue weighted by atomic mass is 10.4. The van der Waals surface area contributed by atoms with Crippen LogP contribution in [-0.4, -0.2) is 14.8 Å². The van der Waals surface area contributed by atoms with Crippen molar-refractivity contribution in [2.45, 2.75) is 19.9 Å². The zero-order valence-corrected chi connectivity index (χ0v) is 9.35. The molecule has 0 radical (unpaired) electrons. The Balaban J connectivity index is 2.36. The van der Waals surface area contributed by atoms with Gasteiger partial charge in [-0.05, 0) is 18.6 Å². The van der Waals surface area contributed by atoms with E-state index in [0.717, 1.165) is 28.0 Å². The Hall–Kier alpha value is -0.870. The molecule has 0 bridgehead atoms. The van der Waals surface area contributed by atoms with Gasteiger partial charge in [0.2, 0.25) is 0 Å². The van der Waals surface area contributed by atoms with Gasteiger partial charge in [0.25, 0.3) is 0 Å². The summed E-state index contributed by atoms with van der Waals surface area (Å²) in [5, 5.41) is 7.99. The van der Waals surface area contributed by atoms with Gasteiger partial charge in [0.15, 0.2) is 5.82 Å². The highest BCUT2D eigenvalue weighted by Gasteiger charge is 2.08. The molecule has 2 rings (SSSR count). The van der Waals surface area contributed by atoms with Crippen LogP contribution >= 0.6 is 22.9 Å². The number of rotatable bonds is 3. The average Bonchev–Trinajstić information content (AvgIpc) is 2.74. The van der Waals surface area contributed by atoms with Gasteiger partial charge in [-0.1, -0.05) is 18.5 Å². The van der Waals surface area contributed by atoms with Crippen LogP contribution in [0.25, 0.3) is 10.7 Å². The van der Waals surface area contributed by atoms with Gasteiger partial charge in [0, 0.05) is 6.54 Å². The number of halogens is 1. The number of nitrogens with zero attached hydrogens (tertiary/aromatic N) is 3. The van der Waals surface area contributed by atoms with Crippen LogP contribution < -0.4 is 0 Å². The highest BCUT2D eigenvalue weighted by atomic mass is 35.5. The van der Waals surface area contributed by atoms with Crippen molar-refractivity contribution in [3.05, 3.63) is 22.8 Å². The zero-order chi connectivity index (χ0) is 9.97. The van der Waals surface area contributed by atoms with Gasteiger partial charge in [0.1, 0.15) is 6.33 Å². The van der Waals surface area contributed by atoms with Crippen molar-refractivity contribution in [3.63, 3.8) is 0 Å². The molecule has 0 aliphatic heterocycles. The molecule has 14 heavy (non-hydrogen) atoms. The standard InChI is InChI=1S/C9H10ClN3S/c1-2-5-13-6-11-12-9(13)7-3-4-8(10)14-7/h3-4,6H,2,5H2,1H3. The Morgan fingerprint density at radius 2 is 2.36 bits per heavy atom. The van der Waals surface area contributed by atoms with Crippen LogP contribution in [0.4, 0.5) is 0 Å². The van der Waals surface area contributed by atoms with Gasteiger partial charge < -0.3 is 4.57 Å². The molecule has 2 aromatic heterocycles. The summed E-state index contributed by atoms with van der Waals surface area (Å²) in [4.78, 5) is 1.07. The summed E-state index contributed by atoms with van der Waals surface area (Å²) in [6, 6.07) is 3.86. The first-order valence-corrected chi connectivity index (χ1v) is 5.64. The van der Waals surface area contributed by atoms with Crippen LogP contribution in [-0.2, 0) is 6.54 Å². The maximum absolute atomic E-state index is 5.87. The summed E-state index contributed by atoms with van der Waals surface area (Å²) in [7, 11) is 0. The minimum atomic E-state index is 0.783. The fourth-order valence-electron chi connectivity index (χ4n) is 1.28. The quantitative estimate of drug-likeness (QED) is 0.807. The lowest BCUT2D eigenvalue weighted by Crippen LogP contribution is -1.96. The number of aromatic nitrogens is 3. The van der Waals surface area contributed by atoms with Crippen molar-refractivity contribution in [1.82, 2.24) is 14.8 Å². The molecule has 0 N–H and O–H groups in total. The smallest absolute Gasteiger partial charge is 0.173 e. The van der Waals surface area contributed by atoms with Crippen molar-refractivity contribution < 1.29 is 0 Å². The molecular weight excluding hydrogens is 218 g/mol. The maximum atomic E-state index is 5.87. The third-order valence-electron chi connectivity index (χ3n) is 1.87. The molecule has 0 saturated carbocycles. The highest BCUT2D eigenvalue weighted by Crippen LogP contribution is 2.29. The Kier molecular flexibility index (Phi) is 2.84. The second-order valence-corrected chi connectivity index (χ2v) is 4.67. The second-order valence-electron chi connectivity index (χ2n) is 2.95. The van der Waals surface area contributed by atoms with Crippen molar-refractivity contribution in [2.75, 3.05) is 0 Å². The molecule has 2 heterocycles. The van der Waals surface area contributed by atoms with Crippen LogP contribution in [0.15, 0.2) is 18.5 Å². The molecule has 0 amide bonds. The second kappa shape index (κ2) is 4.11. The average molecular weight is 228 g/mol. The monoisotopic (exact) mass is 227 g/mol. The molecule has 0 saturated heterocycles. The number of aryl methyl sites for hydroxylation is 1. The summed E-state index contributed by atoms with van der Waals surface area (Å²) in [5.74, 6) is 0.906. The number of hydrogen-bond donors (Lipinski definition) is 0. The SMILES string of the molecule is CCCn1cnnc1-c1ccc(Cl)s1. The lowest BCUT2D eigenvalue weighted by Gasteiger charge is -2.01. The summed E-state index contributed by atoms with van der Waals surface area (Å²) >= 11 is 7.40. The molecule has 0 aliphatic rings. The Labute approximate surface area is 91.4 Å². The summed E-state index contributed by atoms with van der Waals surface area (Å²) in [6.45, 7) is 3.07. The van der Waals surface area contributed by atoms with E-state index in [-0.39, 0.29) is 0 Å². The van der Waals surface area contributed by atoms with E-state index in [1.54, 1.807) is 6.33 Å². The molecule has 0 spiro atoms. The maximum Gasteiger partial charge on any atom is 0.173 e. The molecule has 0 fully saturated rings. The topological polar surface area (TPSA) is 30.7 Å². The molecular formula is C9H10ClN3S. The molecule has 74 valence electrons. The molecule has 0 aromatic carbocycles. The van der Waals surface area contributed by atoms with Gasteiger partial charge in [-0.25, -0.2) is 0 Å². The van der Waals surface area contributed by atoms with E-state index in [9.17, 15) is 0 Å². The first kappa shape index (κ1) is 9.68. The summed E-state index contributed by atoms with van der Waals surface area (Å²) in [6.07, 6.45) is 2.83. The Morgan fingerprint density at radius 1 is 1.50 bits per heavy atom. The summed E-state index contributed by atoms with van der Waals surface area (Å²) < 4.78 is 2.83. The molecule has 2 aromatic rings. The van der Waals surface area contributed by atoms with E-state index in [4.69, 9.17) is 11.6 Å². The van der Waals surface area contributed by atoms with Gasteiger partial charge in [0.05, 0.1) is 9.21 Å². The minimum Gasteiger partial charge on any atom is -0.313 e.